The summed E-state index contributed by atoms with van der Waals surface area (Å²) in [7, 11) is 1.40. The highest BCUT2D eigenvalue weighted by Gasteiger charge is 2.26. The number of amides is 1. The average molecular weight is 545 g/mol. The highest BCUT2D eigenvalue weighted by molar-refractivity contribution is 7.99. The van der Waals surface area contributed by atoms with E-state index in [0.717, 1.165) is 61.6 Å². The molecule has 0 aliphatic heterocycles. The number of aryl methyl sites for hydroxylation is 2. The molecule has 10 heteroatoms. The van der Waals surface area contributed by atoms with Gasteiger partial charge in [-0.05, 0) is 69.4 Å². The Kier molecular flexibility index (Phi) is 8.12. The van der Waals surface area contributed by atoms with E-state index in [4.69, 9.17) is 4.74 Å². The number of esters is 1. The average Bonchev–Trinajstić information content (AvgIpc) is 3.57. The molecule has 2 aliphatic rings. The van der Waals surface area contributed by atoms with Gasteiger partial charge >= 0.3 is 5.97 Å². The lowest BCUT2D eigenvalue weighted by Gasteiger charge is -2.13. The number of rotatable bonds is 7. The van der Waals surface area contributed by atoms with Gasteiger partial charge in [-0.1, -0.05) is 24.6 Å². The third kappa shape index (κ3) is 5.13. The number of ether oxygens (including phenoxy) is 1. The number of nitrogens with one attached hydrogen (secondary N) is 1. The highest BCUT2D eigenvalue weighted by atomic mass is 32.2. The number of thiophene rings is 2. The van der Waals surface area contributed by atoms with Crippen molar-refractivity contribution < 1.29 is 14.3 Å². The van der Waals surface area contributed by atoms with Crippen LogP contribution in [0.25, 0.3) is 11.4 Å². The van der Waals surface area contributed by atoms with Gasteiger partial charge in [0.2, 0.25) is 5.91 Å². The van der Waals surface area contributed by atoms with Gasteiger partial charge in [-0.3, -0.25) is 4.79 Å². The predicted octanol–water partition coefficient (Wildman–Crippen LogP) is 6.14. The first-order chi connectivity index (χ1) is 17.6. The van der Waals surface area contributed by atoms with Crippen LogP contribution in [0.5, 0.6) is 0 Å². The number of carbonyl (C=O) groups excluding carboxylic acids is 2. The van der Waals surface area contributed by atoms with Crippen LogP contribution < -0.4 is 5.32 Å². The summed E-state index contributed by atoms with van der Waals surface area (Å²) in [5, 5.41) is 15.5. The molecule has 0 radical (unpaired) electrons. The maximum atomic E-state index is 13.0. The minimum atomic E-state index is -0.370. The SMILES string of the molecule is CCn1c(SCC(=O)Nc2sc3c(c2C(=O)OC)CCCCCC3)nnc1-c1csc2c1CCCC2. The molecule has 0 aromatic carbocycles. The summed E-state index contributed by atoms with van der Waals surface area (Å²) in [4.78, 5) is 28.3. The molecule has 0 spiro atoms. The Morgan fingerprint density at radius 1 is 1.03 bits per heavy atom. The minimum Gasteiger partial charge on any atom is -0.465 e. The van der Waals surface area contributed by atoms with Crippen LogP contribution in [0, 0.1) is 0 Å². The number of fused-ring (bicyclic) bond motifs is 2. The Labute approximate surface area is 224 Å². The molecule has 0 saturated carbocycles. The van der Waals surface area contributed by atoms with E-state index in [2.05, 4.69) is 32.4 Å². The second-order valence-electron chi connectivity index (χ2n) is 9.26. The van der Waals surface area contributed by atoms with Crippen LogP contribution in [-0.2, 0) is 41.8 Å². The number of aromatic nitrogens is 3. The summed E-state index contributed by atoms with van der Waals surface area (Å²) in [6.07, 6.45) is 11.1. The van der Waals surface area contributed by atoms with Gasteiger partial charge in [-0.25, -0.2) is 4.79 Å². The van der Waals surface area contributed by atoms with Crippen LogP contribution in [0.3, 0.4) is 0 Å². The molecule has 2 aliphatic carbocycles. The fourth-order valence-electron chi connectivity index (χ4n) is 5.18. The van der Waals surface area contributed by atoms with Crippen LogP contribution in [-0.4, -0.2) is 39.5 Å². The maximum Gasteiger partial charge on any atom is 0.341 e. The van der Waals surface area contributed by atoms with Crippen molar-refractivity contribution in [3.8, 4) is 11.4 Å². The summed E-state index contributed by atoms with van der Waals surface area (Å²) in [5.41, 5.74) is 4.22. The van der Waals surface area contributed by atoms with Crippen molar-refractivity contribution in [3.05, 3.63) is 31.8 Å². The van der Waals surface area contributed by atoms with Crippen LogP contribution >= 0.6 is 34.4 Å². The first kappa shape index (κ1) is 25.5. The van der Waals surface area contributed by atoms with Crippen molar-refractivity contribution in [3.63, 3.8) is 0 Å². The van der Waals surface area contributed by atoms with E-state index >= 15 is 0 Å². The zero-order valence-electron chi connectivity index (χ0n) is 20.9. The number of hydrogen-bond acceptors (Lipinski definition) is 8. The number of anilines is 1. The largest absolute Gasteiger partial charge is 0.465 e. The Morgan fingerprint density at radius 3 is 2.56 bits per heavy atom. The molecule has 0 saturated heterocycles. The first-order valence-electron chi connectivity index (χ1n) is 12.8. The van der Waals surface area contributed by atoms with Gasteiger partial charge in [0, 0.05) is 27.2 Å². The molecule has 3 aromatic rings. The number of nitrogens with zero attached hydrogens (tertiary/aromatic N) is 3. The molecule has 5 rings (SSSR count). The molecule has 7 nitrogen and oxygen atoms in total. The van der Waals surface area contributed by atoms with E-state index in [-0.39, 0.29) is 17.6 Å². The third-order valence-corrected chi connectivity index (χ3v) is 10.2. The lowest BCUT2D eigenvalue weighted by molar-refractivity contribution is -0.113. The highest BCUT2D eigenvalue weighted by Crippen LogP contribution is 2.39. The fourth-order valence-corrected chi connectivity index (χ4v) is 8.40. The van der Waals surface area contributed by atoms with Crippen molar-refractivity contribution in [2.45, 2.75) is 82.8 Å². The van der Waals surface area contributed by atoms with Crippen LogP contribution in [0.2, 0.25) is 0 Å². The standard InChI is InChI=1S/C26H32N4O3S3/c1-3-30-23(18-14-34-19-12-9-8-10-16(18)19)28-29-26(30)35-15-21(31)27-24-22(25(32)33-2)17-11-6-4-5-7-13-20(17)36-24/h14H,3-13,15H2,1-2H3,(H,27,31). The van der Waals surface area contributed by atoms with Crippen molar-refractivity contribution in [1.82, 2.24) is 14.8 Å². The van der Waals surface area contributed by atoms with Gasteiger partial charge in [0.15, 0.2) is 11.0 Å². The van der Waals surface area contributed by atoms with E-state index in [9.17, 15) is 9.59 Å². The molecule has 192 valence electrons. The molecule has 1 N–H and O–H groups in total. The topological polar surface area (TPSA) is 86.1 Å². The molecule has 3 aromatic heterocycles. The lowest BCUT2D eigenvalue weighted by Crippen LogP contribution is -2.17. The Bertz CT molecular complexity index is 1260. The summed E-state index contributed by atoms with van der Waals surface area (Å²) in [5.74, 6) is 0.569. The number of methoxy groups -OCH3 is 1. The third-order valence-electron chi connectivity index (χ3n) is 6.98. The summed E-state index contributed by atoms with van der Waals surface area (Å²) in [6.45, 7) is 2.82. The van der Waals surface area contributed by atoms with Crippen molar-refractivity contribution in [2.24, 2.45) is 0 Å². The van der Waals surface area contributed by atoms with Gasteiger partial charge in [0.05, 0.1) is 18.4 Å². The maximum absolute atomic E-state index is 13.0. The number of thioether (sulfide) groups is 1. The monoisotopic (exact) mass is 544 g/mol. The van der Waals surface area contributed by atoms with Gasteiger partial charge < -0.3 is 14.6 Å². The molecule has 36 heavy (non-hydrogen) atoms. The normalized spacial score (nSPS) is 15.5. The molecule has 1 amide bonds. The summed E-state index contributed by atoms with van der Waals surface area (Å²) >= 11 is 4.74. The molecular formula is C26H32N4O3S3. The van der Waals surface area contributed by atoms with E-state index in [0.29, 0.717) is 10.6 Å². The fraction of sp³-hybridized carbons (Fsp3) is 0.538. The minimum absolute atomic E-state index is 0.153. The van der Waals surface area contributed by atoms with E-state index in [1.165, 1.54) is 76.8 Å². The smallest absolute Gasteiger partial charge is 0.341 e. The Hall–Kier alpha value is -2.17. The molecule has 0 atom stereocenters. The van der Waals surface area contributed by atoms with E-state index in [1.807, 2.05) is 11.3 Å². The van der Waals surface area contributed by atoms with Crippen LogP contribution in [0.1, 0.15) is 76.7 Å². The Balaban J connectivity index is 1.31. The van der Waals surface area contributed by atoms with Crippen molar-refractivity contribution >= 4 is 51.3 Å². The molecule has 0 unspecified atom stereocenters. The second kappa shape index (κ2) is 11.5. The second-order valence-corrected chi connectivity index (χ2v) is 12.3. The summed E-state index contributed by atoms with van der Waals surface area (Å²) in [6, 6.07) is 0. The molecule has 0 bridgehead atoms. The zero-order chi connectivity index (χ0) is 25.1. The van der Waals surface area contributed by atoms with Crippen molar-refractivity contribution in [2.75, 3.05) is 18.2 Å². The summed E-state index contributed by atoms with van der Waals surface area (Å²) < 4.78 is 7.19. The quantitative estimate of drug-likeness (QED) is 0.284. The van der Waals surface area contributed by atoms with Crippen LogP contribution in [0.4, 0.5) is 5.00 Å². The van der Waals surface area contributed by atoms with Gasteiger partial charge in [-0.15, -0.1) is 32.9 Å². The molecule has 3 heterocycles. The number of hydrogen-bond donors (Lipinski definition) is 1. The first-order valence-corrected chi connectivity index (χ1v) is 15.5. The van der Waals surface area contributed by atoms with Crippen LogP contribution in [0.15, 0.2) is 10.5 Å². The Morgan fingerprint density at radius 2 is 1.75 bits per heavy atom. The van der Waals surface area contributed by atoms with E-state index in [1.54, 1.807) is 0 Å². The van der Waals surface area contributed by atoms with Crippen molar-refractivity contribution in [1.29, 1.82) is 0 Å². The molecular weight excluding hydrogens is 513 g/mol. The van der Waals surface area contributed by atoms with E-state index < -0.39 is 0 Å². The number of carbonyl (C=O) groups is 2. The van der Waals surface area contributed by atoms with Gasteiger partial charge in [0.25, 0.3) is 0 Å². The van der Waals surface area contributed by atoms with Gasteiger partial charge in [-0.2, -0.15) is 0 Å². The lowest BCUT2D eigenvalue weighted by atomic mass is 9.96. The molecule has 0 fully saturated rings. The predicted molar refractivity (Wildman–Crippen MR) is 147 cm³/mol. The zero-order valence-corrected chi connectivity index (χ0v) is 23.3. The van der Waals surface area contributed by atoms with Gasteiger partial charge in [0.1, 0.15) is 5.00 Å².